The molecule has 1 heterocycles. The molecule has 0 aromatic carbocycles. The van der Waals surface area contributed by atoms with Gasteiger partial charge in [-0.2, -0.15) is 0 Å². The number of anilines is 1. The highest BCUT2D eigenvalue weighted by atomic mass is 19.1. The lowest BCUT2D eigenvalue weighted by molar-refractivity contribution is 0.149. The van der Waals surface area contributed by atoms with Gasteiger partial charge in [0.05, 0.1) is 12.3 Å². The topological polar surface area (TPSA) is 61.0 Å². The van der Waals surface area contributed by atoms with Crippen molar-refractivity contribution in [1.82, 2.24) is 9.97 Å². The number of nitrogens with zero attached hydrogens (tertiary/aromatic N) is 2. The van der Waals surface area contributed by atoms with E-state index < -0.39 is 5.82 Å². The number of hydrogen-bond acceptors (Lipinski definition) is 4. The summed E-state index contributed by atoms with van der Waals surface area (Å²) in [6.45, 7) is 4.65. The molecule has 1 rings (SSSR count). The van der Waals surface area contributed by atoms with Crippen LogP contribution in [0.15, 0.2) is 0 Å². The number of nitrogen functional groups attached to an aromatic ring is 1. The van der Waals surface area contributed by atoms with E-state index in [1.165, 1.54) is 0 Å². The van der Waals surface area contributed by atoms with Gasteiger partial charge in [0.25, 0.3) is 0 Å². The first kappa shape index (κ1) is 10.8. The summed E-state index contributed by atoms with van der Waals surface area (Å²) in [5.41, 5.74) is 5.64. The summed E-state index contributed by atoms with van der Waals surface area (Å²) in [6, 6.07) is 0. The van der Waals surface area contributed by atoms with Crippen molar-refractivity contribution in [2.45, 2.75) is 20.3 Å². The second-order valence-corrected chi connectivity index (χ2v) is 2.87. The molecule has 5 heteroatoms. The van der Waals surface area contributed by atoms with E-state index in [0.29, 0.717) is 25.5 Å². The van der Waals surface area contributed by atoms with Gasteiger partial charge in [-0.3, -0.25) is 0 Å². The van der Waals surface area contributed by atoms with Crippen LogP contribution in [-0.4, -0.2) is 23.2 Å². The van der Waals surface area contributed by atoms with E-state index in [2.05, 4.69) is 9.97 Å². The Labute approximate surface area is 82.3 Å². The molecule has 0 fully saturated rings. The quantitative estimate of drug-likeness (QED) is 0.737. The largest absolute Gasteiger partial charge is 0.381 e. The average molecular weight is 199 g/mol. The molecule has 2 N–H and O–H groups in total. The number of nitrogens with two attached hydrogens (primary N) is 1. The van der Waals surface area contributed by atoms with Crippen molar-refractivity contribution < 1.29 is 9.13 Å². The normalized spacial score (nSPS) is 10.5. The Balaban J connectivity index is 2.69. The molecule has 0 radical (unpaired) electrons. The summed E-state index contributed by atoms with van der Waals surface area (Å²) in [5.74, 6) is -0.107. The van der Waals surface area contributed by atoms with Crippen molar-refractivity contribution in [2.75, 3.05) is 18.9 Å². The van der Waals surface area contributed by atoms with Gasteiger partial charge in [-0.25, -0.2) is 14.4 Å². The lowest BCUT2D eigenvalue weighted by atomic mass is 10.3. The molecule has 0 unspecified atom stereocenters. The lowest BCUT2D eigenvalue weighted by Crippen LogP contribution is -2.08. The molecule has 0 saturated carbocycles. The molecule has 0 spiro atoms. The van der Waals surface area contributed by atoms with Crippen molar-refractivity contribution in [3.63, 3.8) is 0 Å². The third kappa shape index (κ3) is 2.63. The maximum Gasteiger partial charge on any atom is 0.186 e. The fraction of sp³-hybridized carbons (Fsp3) is 0.556. The molecule has 1 aromatic heterocycles. The second-order valence-electron chi connectivity index (χ2n) is 2.87. The Morgan fingerprint density at radius 2 is 2.14 bits per heavy atom. The molecule has 0 aliphatic rings. The van der Waals surface area contributed by atoms with Crippen LogP contribution in [0.1, 0.15) is 18.4 Å². The molecule has 0 aliphatic heterocycles. The van der Waals surface area contributed by atoms with Gasteiger partial charge in [0.15, 0.2) is 11.6 Å². The van der Waals surface area contributed by atoms with Crippen LogP contribution in [0.5, 0.6) is 0 Å². The first-order chi connectivity index (χ1) is 6.65. The molecule has 14 heavy (non-hydrogen) atoms. The molecule has 0 amide bonds. The minimum Gasteiger partial charge on any atom is -0.381 e. The molecule has 0 atom stereocenters. The fourth-order valence-electron chi connectivity index (χ4n) is 1.06. The molecule has 0 saturated heterocycles. The summed E-state index contributed by atoms with van der Waals surface area (Å²) in [7, 11) is 0. The van der Waals surface area contributed by atoms with E-state index in [1.807, 2.05) is 6.92 Å². The number of halogens is 1. The Morgan fingerprint density at radius 1 is 1.43 bits per heavy atom. The van der Waals surface area contributed by atoms with Gasteiger partial charge < -0.3 is 10.5 Å². The van der Waals surface area contributed by atoms with Crippen LogP contribution >= 0.6 is 0 Å². The monoisotopic (exact) mass is 199 g/mol. The van der Waals surface area contributed by atoms with E-state index in [9.17, 15) is 4.39 Å². The molecule has 0 aliphatic carbocycles. The first-order valence-corrected chi connectivity index (χ1v) is 4.51. The van der Waals surface area contributed by atoms with Crippen LogP contribution in [0.2, 0.25) is 0 Å². The molecule has 0 bridgehead atoms. The molecular formula is C9H14FN3O. The van der Waals surface area contributed by atoms with Crippen molar-refractivity contribution in [1.29, 1.82) is 0 Å². The van der Waals surface area contributed by atoms with Gasteiger partial charge in [-0.05, 0) is 13.8 Å². The van der Waals surface area contributed by atoms with Crippen molar-refractivity contribution in [3.8, 4) is 0 Å². The third-order valence-corrected chi connectivity index (χ3v) is 1.76. The zero-order chi connectivity index (χ0) is 10.6. The minimum absolute atomic E-state index is 0.0935. The first-order valence-electron chi connectivity index (χ1n) is 4.51. The number of aromatic nitrogens is 2. The van der Waals surface area contributed by atoms with Crippen LogP contribution in [0.25, 0.3) is 0 Å². The van der Waals surface area contributed by atoms with Gasteiger partial charge in [0, 0.05) is 13.0 Å². The predicted molar refractivity (Wildman–Crippen MR) is 51.3 cm³/mol. The van der Waals surface area contributed by atoms with Gasteiger partial charge in [-0.15, -0.1) is 0 Å². The lowest BCUT2D eigenvalue weighted by Gasteiger charge is -2.04. The Kier molecular flexibility index (Phi) is 3.76. The fourth-order valence-corrected chi connectivity index (χ4v) is 1.06. The molecule has 1 aromatic rings. The summed E-state index contributed by atoms with van der Waals surface area (Å²) in [4.78, 5) is 7.78. The highest BCUT2D eigenvalue weighted by Gasteiger charge is 2.07. The SMILES string of the molecule is CCOCCc1nc(C)c(F)c(N)n1. The zero-order valence-corrected chi connectivity index (χ0v) is 8.38. The Hall–Kier alpha value is -1.23. The van der Waals surface area contributed by atoms with Gasteiger partial charge in [-0.1, -0.05) is 0 Å². The number of hydrogen-bond donors (Lipinski definition) is 1. The predicted octanol–water partition coefficient (Wildman–Crippen LogP) is 1.09. The Bertz CT molecular complexity index is 294. The maximum absolute atomic E-state index is 13.0. The molecule has 78 valence electrons. The zero-order valence-electron chi connectivity index (χ0n) is 8.38. The smallest absolute Gasteiger partial charge is 0.186 e. The van der Waals surface area contributed by atoms with Crippen molar-refractivity contribution >= 4 is 5.82 Å². The third-order valence-electron chi connectivity index (χ3n) is 1.76. The summed E-state index contributed by atoms with van der Waals surface area (Å²) in [5, 5.41) is 0. The second kappa shape index (κ2) is 4.85. The molecule has 4 nitrogen and oxygen atoms in total. The van der Waals surface area contributed by atoms with Crippen molar-refractivity contribution in [2.24, 2.45) is 0 Å². The average Bonchev–Trinajstić information content (AvgIpc) is 2.14. The highest BCUT2D eigenvalue weighted by Crippen LogP contribution is 2.10. The number of aryl methyl sites for hydroxylation is 1. The van der Waals surface area contributed by atoms with Crippen LogP contribution in [0.4, 0.5) is 10.2 Å². The van der Waals surface area contributed by atoms with E-state index in [1.54, 1.807) is 6.92 Å². The van der Waals surface area contributed by atoms with Crippen LogP contribution in [0.3, 0.4) is 0 Å². The minimum atomic E-state index is -0.537. The van der Waals surface area contributed by atoms with E-state index >= 15 is 0 Å². The highest BCUT2D eigenvalue weighted by molar-refractivity contribution is 5.31. The van der Waals surface area contributed by atoms with Crippen LogP contribution in [-0.2, 0) is 11.2 Å². The van der Waals surface area contributed by atoms with Gasteiger partial charge in [0.1, 0.15) is 5.82 Å². The summed E-state index contributed by atoms with van der Waals surface area (Å²) < 4.78 is 18.2. The standard InChI is InChI=1S/C9H14FN3O/c1-3-14-5-4-7-12-6(2)8(10)9(11)13-7/h3-5H2,1-2H3,(H2,11,12,13). The van der Waals surface area contributed by atoms with Gasteiger partial charge in [0.2, 0.25) is 0 Å². The van der Waals surface area contributed by atoms with Gasteiger partial charge >= 0.3 is 0 Å². The van der Waals surface area contributed by atoms with E-state index in [4.69, 9.17) is 10.5 Å². The van der Waals surface area contributed by atoms with E-state index in [0.717, 1.165) is 0 Å². The molecular weight excluding hydrogens is 185 g/mol. The van der Waals surface area contributed by atoms with Crippen LogP contribution < -0.4 is 5.73 Å². The van der Waals surface area contributed by atoms with Crippen LogP contribution in [0, 0.1) is 12.7 Å². The summed E-state index contributed by atoms with van der Waals surface area (Å²) >= 11 is 0. The van der Waals surface area contributed by atoms with Crippen molar-refractivity contribution in [3.05, 3.63) is 17.3 Å². The van der Waals surface area contributed by atoms with E-state index in [-0.39, 0.29) is 11.5 Å². The maximum atomic E-state index is 13.0. The Morgan fingerprint density at radius 3 is 2.71 bits per heavy atom. The summed E-state index contributed by atoms with van der Waals surface area (Å²) in [6.07, 6.45) is 0.555. The number of ether oxygens (including phenoxy) is 1. The number of rotatable bonds is 4.